The van der Waals surface area contributed by atoms with Crippen LogP contribution in [-0.2, 0) is 0 Å². The summed E-state index contributed by atoms with van der Waals surface area (Å²) in [6.07, 6.45) is 12.1. The predicted octanol–water partition coefficient (Wildman–Crippen LogP) is 5.27. The van der Waals surface area contributed by atoms with Gasteiger partial charge in [-0.25, -0.2) is 0 Å². The number of unbranched alkanes of at least 4 members (excludes halogenated alkanes) is 3. The van der Waals surface area contributed by atoms with Crippen molar-refractivity contribution >= 4 is 0 Å². The fraction of sp³-hybridized carbons (Fsp3) is 0.875. The monoisotopic (exact) mass is 241 g/mol. The maximum atomic E-state index is 2.64. The van der Waals surface area contributed by atoms with Crippen molar-refractivity contribution in [1.29, 1.82) is 0 Å². The molecule has 0 aliphatic carbocycles. The smallest absolute Gasteiger partial charge is 0.00188 e. The van der Waals surface area contributed by atoms with E-state index in [2.05, 4.69) is 25.7 Å². The molecule has 0 N–H and O–H groups in total. The Morgan fingerprint density at radius 3 is 1.12 bits per heavy atom. The van der Waals surface area contributed by atoms with E-state index in [4.69, 9.17) is 0 Å². The molecule has 0 heterocycles. The van der Waals surface area contributed by atoms with E-state index >= 15 is 0 Å². The molecule has 0 aromatic carbocycles. The maximum absolute atomic E-state index is 2.64. The highest BCUT2D eigenvalue weighted by Crippen LogP contribution is 2.01. The second-order valence-corrected chi connectivity index (χ2v) is 4.57. The minimum absolute atomic E-state index is 1.32. The first-order chi connectivity index (χ1) is 8.26. The largest absolute Gasteiger partial charge is 0.303 e. The molecule has 0 bridgehead atoms. The summed E-state index contributed by atoms with van der Waals surface area (Å²) in [4.78, 5) is 2.64. The van der Waals surface area contributed by atoms with Gasteiger partial charge in [-0.15, -0.1) is 0 Å². The Kier molecular flexibility index (Phi) is 20.3. The van der Waals surface area contributed by atoms with Crippen molar-refractivity contribution in [2.75, 3.05) is 19.6 Å². The Morgan fingerprint density at radius 1 is 0.647 bits per heavy atom. The van der Waals surface area contributed by atoms with Crippen molar-refractivity contribution in [2.24, 2.45) is 0 Å². The molecule has 1 heteroatoms. The first-order valence-corrected chi connectivity index (χ1v) is 7.56. The van der Waals surface area contributed by atoms with Gasteiger partial charge in [0, 0.05) is 0 Å². The van der Waals surface area contributed by atoms with Crippen LogP contribution in [0.5, 0.6) is 0 Å². The van der Waals surface area contributed by atoms with E-state index in [1.807, 2.05) is 26.0 Å². The lowest BCUT2D eigenvalue weighted by Gasteiger charge is -2.21. The van der Waals surface area contributed by atoms with Gasteiger partial charge in [-0.1, -0.05) is 52.2 Å². The molecule has 0 rings (SSSR count). The van der Waals surface area contributed by atoms with Crippen molar-refractivity contribution in [3.05, 3.63) is 12.2 Å². The lowest BCUT2D eigenvalue weighted by atomic mass is 10.2. The Balaban J connectivity index is 0. The van der Waals surface area contributed by atoms with Crippen LogP contribution < -0.4 is 0 Å². The van der Waals surface area contributed by atoms with Gasteiger partial charge >= 0.3 is 0 Å². The third-order valence-electron chi connectivity index (χ3n) is 2.82. The summed E-state index contributed by atoms with van der Waals surface area (Å²) < 4.78 is 0. The lowest BCUT2D eigenvalue weighted by molar-refractivity contribution is 0.261. The van der Waals surface area contributed by atoms with E-state index in [-0.39, 0.29) is 0 Å². The van der Waals surface area contributed by atoms with Crippen molar-refractivity contribution in [3.8, 4) is 0 Å². The average molecular weight is 241 g/mol. The first kappa shape index (κ1) is 19.0. The highest BCUT2D eigenvalue weighted by molar-refractivity contribution is 4.68. The molecule has 0 amide bonds. The Morgan fingerprint density at radius 2 is 0.941 bits per heavy atom. The van der Waals surface area contributed by atoms with Gasteiger partial charge in [0.05, 0.1) is 0 Å². The molecular formula is C16H35N. The number of allylic oxidation sites excluding steroid dienone is 2. The van der Waals surface area contributed by atoms with E-state index in [1.54, 1.807) is 0 Å². The van der Waals surface area contributed by atoms with Crippen LogP contribution in [0.25, 0.3) is 0 Å². The molecule has 0 aromatic heterocycles. The zero-order valence-electron chi connectivity index (χ0n) is 13.0. The molecule has 0 atom stereocenters. The van der Waals surface area contributed by atoms with Gasteiger partial charge < -0.3 is 4.90 Å². The predicted molar refractivity (Wildman–Crippen MR) is 81.7 cm³/mol. The zero-order chi connectivity index (χ0) is 13.4. The van der Waals surface area contributed by atoms with Crippen molar-refractivity contribution < 1.29 is 0 Å². The highest BCUT2D eigenvalue weighted by atomic mass is 15.1. The molecule has 0 radical (unpaired) electrons. The van der Waals surface area contributed by atoms with Gasteiger partial charge in [0.1, 0.15) is 0 Å². The normalized spacial score (nSPS) is 10.7. The van der Waals surface area contributed by atoms with E-state index in [9.17, 15) is 0 Å². The standard InChI is InChI=1S/C12H27N.C4H8/c1-4-7-10-13(11-8-5-2)12-9-6-3;1-3-4-2/h4-12H2,1-3H3;3-4H,1-2H3. The van der Waals surface area contributed by atoms with E-state index in [1.165, 1.54) is 58.2 Å². The molecule has 0 saturated heterocycles. The Hall–Kier alpha value is -0.300. The number of nitrogens with zero attached hydrogens (tertiary/aromatic N) is 1. The molecule has 0 spiro atoms. The van der Waals surface area contributed by atoms with Gasteiger partial charge in [-0.3, -0.25) is 0 Å². The third kappa shape index (κ3) is 18.3. The van der Waals surface area contributed by atoms with Gasteiger partial charge in [-0.2, -0.15) is 0 Å². The summed E-state index contributed by atoms with van der Waals surface area (Å²) in [7, 11) is 0. The van der Waals surface area contributed by atoms with Gasteiger partial charge in [-0.05, 0) is 52.7 Å². The van der Waals surface area contributed by atoms with Crippen LogP contribution >= 0.6 is 0 Å². The summed E-state index contributed by atoms with van der Waals surface area (Å²) in [6, 6.07) is 0. The summed E-state index contributed by atoms with van der Waals surface area (Å²) in [5.74, 6) is 0. The van der Waals surface area contributed by atoms with Gasteiger partial charge in [0.15, 0.2) is 0 Å². The molecule has 17 heavy (non-hydrogen) atoms. The van der Waals surface area contributed by atoms with E-state index < -0.39 is 0 Å². The molecule has 0 fully saturated rings. The average Bonchev–Trinajstić information content (AvgIpc) is 2.38. The van der Waals surface area contributed by atoms with Crippen LogP contribution in [0.2, 0.25) is 0 Å². The summed E-state index contributed by atoms with van der Waals surface area (Å²) in [6.45, 7) is 14.8. The van der Waals surface area contributed by atoms with Crippen molar-refractivity contribution in [3.63, 3.8) is 0 Å². The number of hydrogen-bond acceptors (Lipinski definition) is 1. The first-order valence-electron chi connectivity index (χ1n) is 7.56. The van der Waals surface area contributed by atoms with Crippen molar-refractivity contribution in [2.45, 2.75) is 73.1 Å². The lowest BCUT2D eigenvalue weighted by Crippen LogP contribution is -2.27. The topological polar surface area (TPSA) is 3.24 Å². The zero-order valence-corrected chi connectivity index (χ0v) is 13.0. The minimum atomic E-state index is 1.32. The van der Waals surface area contributed by atoms with Crippen LogP contribution in [-0.4, -0.2) is 24.5 Å². The summed E-state index contributed by atoms with van der Waals surface area (Å²) >= 11 is 0. The number of hydrogen-bond donors (Lipinski definition) is 0. The van der Waals surface area contributed by atoms with Crippen LogP contribution in [0, 0.1) is 0 Å². The van der Waals surface area contributed by atoms with E-state index in [0.29, 0.717) is 0 Å². The fourth-order valence-corrected chi connectivity index (χ4v) is 1.48. The van der Waals surface area contributed by atoms with Crippen LogP contribution in [0.3, 0.4) is 0 Å². The molecular weight excluding hydrogens is 206 g/mol. The van der Waals surface area contributed by atoms with Crippen LogP contribution in [0.4, 0.5) is 0 Å². The van der Waals surface area contributed by atoms with Crippen LogP contribution in [0.1, 0.15) is 73.1 Å². The molecule has 0 aliphatic heterocycles. The highest BCUT2D eigenvalue weighted by Gasteiger charge is 2.01. The van der Waals surface area contributed by atoms with Crippen molar-refractivity contribution in [1.82, 2.24) is 4.90 Å². The van der Waals surface area contributed by atoms with Gasteiger partial charge in [0.25, 0.3) is 0 Å². The van der Waals surface area contributed by atoms with Gasteiger partial charge in [0.2, 0.25) is 0 Å². The molecule has 0 aliphatic rings. The SMILES string of the molecule is CC=CC.CCCCN(CCCC)CCCC. The Labute approximate surface area is 110 Å². The number of rotatable bonds is 9. The molecule has 0 unspecified atom stereocenters. The maximum Gasteiger partial charge on any atom is -0.00188 e. The van der Waals surface area contributed by atoms with Crippen LogP contribution in [0.15, 0.2) is 12.2 Å². The van der Waals surface area contributed by atoms with E-state index in [0.717, 1.165) is 0 Å². The second-order valence-electron chi connectivity index (χ2n) is 4.57. The molecule has 0 aromatic rings. The minimum Gasteiger partial charge on any atom is -0.303 e. The summed E-state index contributed by atoms with van der Waals surface area (Å²) in [5, 5.41) is 0. The second kappa shape index (κ2) is 18.1. The molecule has 1 nitrogen and oxygen atoms in total. The molecule has 104 valence electrons. The quantitative estimate of drug-likeness (QED) is 0.497. The Bertz CT molecular complexity index is 117. The molecule has 0 saturated carbocycles. The third-order valence-corrected chi connectivity index (χ3v) is 2.82. The summed E-state index contributed by atoms with van der Waals surface area (Å²) in [5.41, 5.74) is 0. The fourth-order valence-electron chi connectivity index (χ4n) is 1.48.